The highest BCUT2D eigenvalue weighted by atomic mass is 32.1. The second-order valence-corrected chi connectivity index (χ2v) is 16.5. The first-order valence-electron chi connectivity index (χ1n) is 10.2. The number of nitrogens with zero attached hydrogens (tertiary/aromatic N) is 3. The molecule has 0 spiro atoms. The second-order valence-electron chi connectivity index (χ2n) is 9.78. The highest BCUT2D eigenvalue weighted by Gasteiger charge is 2.24. The smallest absolute Gasteiger partial charge is 0.410 e. The van der Waals surface area contributed by atoms with E-state index in [0.717, 1.165) is 18.5 Å². The summed E-state index contributed by atoms with van der Waals surface area (Å²) in [6.45, 7) is 15.3. The first-order valence-corrected chi connectivity index (χ1v) is 14.7. The van der Waals surface area contributed by atoms with Gasteiger partial charge < -0.3 is 14.4 Å². The third-order valence-electron chi connectivity index (χ3n) is 4.64. The quantitative estimate of drug-likeness (QED) is 0.448. The van der Waals surface area contributed by atoms with Gasteiger partial charge in [0.25, 0.3) is 0 Å². The van der Waals surface area contributed by atoms with E-state index in [2.05, 4.69) is 43.1 Å². The van der Waals surface area contributed by atoms with Crippen molar-refractivity contribution in [3.05, 3.63) is 23.2 Å². The van der Waals surface area contributed by atoms with Crippen molar-refractivity contribution < 1.29 is 14.3 Å². The fourth-order valence-corrected chi connectivity index (χ4v) is 4.87. The predicted octanol–water partition coefficient (Wildman–Crippen LogP) is 5.43. The Labute approximate surface area is 178 Å². The second kappa shape index (κ2) is 8.61. The van der Waals surface area contributed by atoms with E-state index in [9.17, 15) is 4.79 Å². The number of carbonyl (C=O) groups excluding carboxylic acids is 1. The first-order chi connectivity index (χ1) is 13.5. The minimum atomic E-state index is -1.06. The molecule has 1 aliphatic heterocycles. The molecule has 0 saturated carbocycles. The number of thiophene rings is 1. The standard InChI is InChI=1S/C21H33N3O3SSi/c1-21(2,3)27-20(25)23-9-7-16(8-10-23)18-13-17-19(28-18)14-24(22-17)15-26-11-12-29(4,5)6/h7,13-14H,8-12,15H2,1-6H3. The van der Waals surface area contributed by atoms with E-state index in [0.29, 0.717) is 19.8 Å². The summed E-state index contributed by atoms with van der Waals surface area (Å²) in [6.07, 6.45) is 4.79. The van der Waals surface area contributed by atoms with Crippen LogP contribution in [0.1, 0.15) is 32.1 Å². The van der Waals surface area contributed by atoms with Gasteiger partial charge in [0.1, 0.15) is 17.8 Å². The Morgan fingerprint density at radius 2 is 2.07 bits per heavy atom. The summed E-state index contributed by atoms with van der Waals surface area (Å²) in [7, 11) is -1.06. The Morgan fingerprint density at radius 3 is 2.66 bits per heavy atom. The maximum absolute atomic E-state index is 12.2. The number of aromatic nitrogens is 2. The zero-order chi connectivity index (χ0) is 21.2. The van der Waals surface area contributed by atoms with Crippen molar-refractivity contribution in [3.8, 4) is 0 Å². The van der Waals surface area contributed by atoms with Gasteiger partial charge >= 0.3 is 6.09 Å². The summed E-state index contributed by atoms with van der Waals surface area (Å²) in [5.74, 6) is 0. The molecule has 8 heteroatoms. The first kappa shape index (κ1) is 22.1. The van der Waals surface area contributed by atoms with E-state index in [-0.39, 0.29) is 6.09 Å². The van der Waals surface area contributed by atoms with Gasteiger partial charge in [-0.3, -0.25) is 0 Å². The lowest BCUT2D eigenvalue weighted by atomic mass is 10.1. The Bertz CT molecular complexity index is 858. The molecule has 0 fully saturated rings. The van der Waals surface area contributed by atoms with Gasteiger partial charge in [-0.05, 0) is 44.9 Å². The summed E-state index contributed by atoms with van der Waals surface area (Å²) in [5, 5.41) is 4.65. The van der Waals surface area contributed by atoms with Crippen LogP contribution in [0.25, 0.3) is 15.8 Å². The minimum Gasteiger partial charge on any atom is -0.444 e. The van der Waals surface area contributed by atoms with Crippen LogP contribution in [0.15, 0.2) is 18.3 Å². The van der Waals surface area contributed by atoms with Crippen LogP contribution < -0.4 is 0 Å². The van der Waals surface area contributed by atoms with Crippen molar-refractivity contribution in [1.29, 1.82) is 0 Å². The summed E-state index contributed by atoms with van der Waals surface area (Å²) >= 11 is 1.75. The molecule has 3 rings (SSSR count). The Hall–Kier alpha value is -1.64. The molecular formula is C21H33N3O3SSi. The SMILES string of the molecule is CC(C)(C)OC(=O)N1CC=C(c2cc3nn(COCC[Si](C)(C)C)cc3s2)CC1. The van der Waals surface area contributed by atoms with Gasteiger partial charge in [0.2, 0.25) is 0 Å². The van der Waals surface area contributed by atoms with Crippen molar-refractivity contribution in [3.63, 3.8) is 0 Å². The van der Waals surface area contributed by atoms with Crippen molar-refractivity contribution in [2.45, 2.75) is 65.2 Å². The van der Waals surface area contributed by atoms with E-state index in [1.165, 1.54) is 21.2 Å². The monoisotopic (exact) mass is 435 g/mol. The number of hydrogen-bond donors (Lipinski definition) is 0. The van der Waals surface area contributed by atoms with Gasteiger partial charge in [0.15, 0.2) is 0 Å². The van der Waals surface area contributed by atoms with Crippen molar-refractivity contribution in [2.75, 3.05) is 19.7 Å². The number of amides is 1. The Kier molecular flexibility index (Phi) is 6.55. The summed E-state index contributed by atoms with van der Waals surface area (Å²) < 4.78 is 14.3. The van der Waals surface area contributed by atoms with Crippen LogP contribution in [0, 0.1) is 0 Å². The van der Waals surface area contributed by atoms with E-state index in [1.54, 1.807) is 16.2 Å². The molecule has 1 aliphatic rings. The van der Waals surface area contributed by atoms with Gasteiger partial charge in [0.05, 0.1) is 4.70 Å². The molecule has 2 aromatic heterocycles. The fraction of sp³-hybridized carbons (Fsp3) is 0.619. The molecule has 0 bridgehead atoms. The van der Waals surface area contributed by atoms with Crippen molar-refractivity contribution in [2.24, 2.45) is 0 Å². The lowest BCUT2D eigenvalue weighted by Crippen LogP contribution is -2.39. The molecule has 2 aromatic rings. The van der Waals surface area contributed by atoms with E-state index in [1.807, 2.05) is 25.5 Å². The largest absolute Gasteiger partial charge is 0.444 e. The van der Waals surface area contributed by atoms with Gasteiger partial charge in [-0.25, -0.2) is 9.48 Å². The van der Waals surface area contributed by atoms with Crippen LogP contribution in [0.5, 0.6) is 0 Å². The van der Waals surface area contributed by atoms with Crippen LogP contribution in [0.2, 0.25) is 25.7 Å². The van der Waals surface area contributed by atoms with Crippen LogP contribution >= 0.6 is 11.3 Å². The zero-order valence-corrected chi connectivity index (χ0v) is 20.3. The molecule has 0 radical (unpaired) electrons. The van der Waals surface area contributed by atoms with Crippen LogP contribution in [-0.2, 0) is 16.2 Å². The summed E-state index contributed by atoms with van der Waals surface area (Å²) in [6, 6.07) is 3.31. The molecular weight excluding hydrogens is 402 g/mol. The average Bonchev–Trinajstić information content (AvgIpc) is 3.15. The maximum atomic E-state index is 12.2. The molecule has 6 nitrogen and oxygen atoms in total. The topological polar surface area (TPSA) is 56.6 Å². The minimum absolute atomic E-state index is 0.241. The average molecular weight is 436 g/mol. The Balaban J connectivity index is 1.56. The third kappa shape index (κ3) is 6.42. The molecule has 160 valence electrons. The van der Waals surface area contributed by atoms with Crippen LogP contribution in [-0.4, -0.2) is 54.1 Å². The molecule has 0 aliphatic carbocycles. The van der Waals surface area contributed by atoms with E-state index < -0.39 is 13.7 Å². The van der Waals surface area contributed by atoms with Gasteiger partial charge in [-0.15, -0.1) is 11.3 Å². The fourth-order valence-electron chi connectivity index (χ4n) is 3.01. The van der Waals surface area contributed by atoms with Crippen LogP contribution in [0.3, 0.4) is 0 Å². The molecule has 0 unspecified atom stereocenters. The zero-order valence-electron chi connectivity index (χ0n) is 18.4. The lowest BCUT2D eigenvalue weighted by Gasteiger charge is -2.29. The summed E-state index contributed by atoms with van der Waals surface area (Å²) in [5.41, 5.74) is 1.83. The molecule has 0 aromatic carbocycles. The van der Waals surface area contributed by atoms with Crippen molar-refractivity contribution >= 4 is 41.3 Å². The molecule has 0 saturated heterocycles. The highest BCUT2D eigenvalue weighted by molar-refractivity contribution is 7.20. The van der Waals surface area contributed by atoms with Gasteiger partial charge in [-0.2, -0.15) is 5.10 Å². The number of ether oxygens (including phenoxy) is 2. The normalized spacial score (nSPS) is 15.7. The molecule has 0 atom stereocenters. The number of fused-ring (bicyclic) bond motifs is 1. The summed E-state index contributed by atoms with van der Waals surface area (Å²) in [4.78, 5) is 15.2. The third-order valence-corrected chi connectivity index (χ3v) is 7.48. The van der Waals surface area contributed by atoms with Crippen molar-refractivity contribution in [1.82, 2.24) is 14.7 Å². The maximum Gasteiger partial charge on any atom is 0.410 e. The van der Waals surface area contributed by atoms with Gasteiger partial charge in [-0.1, -0.05) is 25.7 Å². The highest BCUT2D eigenvalue weighted by Crippen LogP contribution is 2.33. The Morgan fingerprint density at radius 1 is 1.31 bits per heavy atom. The van der Waals surface area contributed by atoms with E-state index >= 15 is 0 Å². The number of carbonyl (C=O) groups is 1. The van der Waals surface area contributed by atoms with Crippen LogP contribution in [0.4, 0.5) is 4.79 Å². The molecule has 3 heterocycles. The molecule has 0 N–H and O–H groups in total. The number of hydrogen-bond acceptors (Lipinski definition) is 5. The van der Waals surface area contributed by atoms with E-state index in [4.69, 9.17) is 9.47 Å². The van der Waals surface area contributed by atoms with Gasteiger partial charge in [0, 0.05) is 38.8 Å². The molecule has 1 amide bonds. The predicted molar refractivity (Wildman–Crippen MR) is 122 cm³/mol. The molecule has 29 heavy (non-hydrogen) atoms. The lowest BCUT2D eigenvalue weighted by molar-refractivity contribution is 0.0270. The number of rotatable bonds is 6.